The van der Waals surface area contributed by atoms with Crippen molar-refractivity contribution in [2.45, 2.75) is 31.4 Å². The van der Waals surface area contributed by atoms with Gasteiger partial charge in [-0.3, -0.25) is 9.69 Å². The fourth-order valence-electron chi connectivity index (χ4n) is 3.52. The molecule has 3 heterocycles. The summed E-state index contributed by atoms with van der Waals surface area (Å²) in [6.45, 7) is 3.99. The summed E-state index contributed by atoms with van der Waals surface area (Å²) in [6.07, 6.45) is 2.28. The third kappa shape index (κ3) is 3.18. The molecule has 1 N–H and O–H groups in total. The maximum absolute atomic E-state index is 11.5. The van der Waals surface area contributed by atoms with Gasteiger partial charge in [0, 0.05) is 43.7 Å². The molecule has 0 unspecified atom stereocenters. The van der Waals surface area contributed by atoms with Crippen LogP contribution in [0.3, 0.4) is 0 Å². The van der Waals surface area contributed by atoms with Crippen LogP contribution < -0.4 is 14.8 Å². The number of carbonyl (C=O) groups excluding carboxylic acids is 1. The highest BCUT2D eigenvalue weighted by Crippen LogP contribution is 2.37. The Hall–Kier alpha value is -1.50. The number of amides is 1. The quantitative estimate of drug-likeness (QED) is 0.881. The average Bonchev–Trinajstić information content (AvgIpc) is 2.94. The summed E-state index contributed by atoms with van der Waals surface area (Å²) >= 11 is 6.37. The number of piperidine rings is 1. The standard InChI is InChI=1S/C17H21ClN2O4/c18-13-8-15-14(22-11-23-15)7-12(13)9-20-4-2-17(3-5-20)10-19-16(21)1-6-24-17/h7-8H,1-6,9-11H2,(H,19,21). The molecule has 130 valence electrons. The second kappa shape index (κ2) is 6.43. The van der Waals surface area contributed by atoms with Crippen LogP contribution in [-0.4, -0.2) is 49.4 Å². The maximum Gasteiger partial charge on any atom is 0.231 e. The third-order valence-corrected chi connectivity index (χ3v) is 5.40. The number of ether oxygens (including phenoxy) is 3. The molecule has 0 aliphatic carbocycles. The normalized spacial score (nSPS) is 23.1. The Balaban J connectivity index is 1.39. The first-order chi connectivity index (χ1) is 11.6. The summed E-state index contributed by atoms with van der Waals surface area (Å²) in [5.74, 6) is 1.56. The SMILES string of the molecule is O=C1CCOC2(CCN(Cc3cc4c(cc3Cl)OCO4)CC2)CN1. The fourth-order valence-corrected chi connectivity index (χ4v) is 3.73. The Morgan fingerprint density at radius 2 is 1.96 bits per heavy atom. The molecular weight excluding hydrogens is 332 g/mol. The van der Waals surface area contributed by atoms with Gasteiger partial charge in [0.15, 0.2) is 11.5 Å². The van der Waals surface area contributed by atoms with E-state index in [1.54, 1.807) is 0 Å². The molecule has 1 spiro atoms. The third-order valence-electron chi connectivity index (χ3n) is 5.05. The van der Waals surface area contributed by atoms with Crippen molar-refractivity contribution in [2.24, 2.45) is 0 Å². The van der Waals surface area contributed by atoms with Gasteiger partial charge in [-0.25, -0.2) is 0 Å². The maximum atomic E-state index is 11.5. The number of likely N-dealkylation sites (tertiary alicyclic amines) is 1. The lowest BCUT2D eigenvalue weighted by Gasteiger charge is -2.40. The van der Waals surface area contributed by atoms with Gasteiger partial charge in [0.05, 0.1) is 12.2 Å². The predicted octanol–water partition coefficient (Wildman–Crippen LogP) is 1.94. The van der Waals surface area contributed by atoms with Crippen LogP contribution in [0.4, 0.5) is 0 Å². The zero-order valence-electron chi connectivity index (χ0n) is 13.5. The second-order valence-electron chi connectivity index (χ2n) is 6.63. The number of carbonyl (C=O) groups is 1. The Morgan fingerprint density at radius 1 is 1.21 bits per heavy atom. The molecule has 2 saturated heterocycles. The van der Waals surface area contributed by atoms with E-state index in [2.05, 4.69) is 10.2 Å². The molecule has 1 amide bonds. The van der Waals surface area contributed by atoms with E-state index in [0.717, 1.165) is 43.8 Å². The molecule has 0 atom stereocenters. The molecule has 24 heavy (non-hydrogen) atoms. The van der Waals surface area contributed by atoms with Gasteiger partial charge < -0.3 is 19.5 Å². The van der Waals surface area contributed by atoms with Crippen molar-refractivity contribution in [1.29, 1.82) is 0 Å². The number of hydrogen-bond acceptors (Lipinski definition) is 5. The summed E-state index contributed by atoms with van der Waals surface area (Å²) in [6, 6.07) is 3.80. The summed E-state index contributed by atoms with van der Waals surface area (Å²) in [4.78, 5) is 13.9. The summed E-state index contributed by atoms with van der Waals surface area (Å²) < 4.78 is 16.8. The topological polar surface area (TPSA) is 60.0 Å². The molecule has 2 fully saturated rings. The number of hydrogen-bond donors (Lipinski definition) is 1. The number of benzene rings is 1. The summed E-state index contributed by atoms with van der Waals surface area (Å²) in [7, 11) is 0. The van der Waals surface area contributed by atoms with Crippen LogP contribution >= 0.6 is 11.6 Å². The minimum atomic E-state index is -0.207. The van der Waals surface area contributed by atoms with E-state index in [1.807, 2.05) is 12.1 Å². The van der Waals surface area contributed by atoms with E-state index in [4.69, 9.17) is 25.8 Å². The minimum Gasteiger partial charge on any atom is -0.454 e. The Bertz CT molecular complexity index is 644. The van der Waals surface area contributed by atoms with Gasteiger partial charge in [-0.05, 0) is 24.5 Å². The van der Waals surface area contributed by atoms with Crippen LogP contribution in [0.1, 0.15) is 24.8 Å². The van der Waals surface area contributed by atoms with Crippen molar-refractivity contribution in [1.82, 2.24) is 10.2 Å². The van der Waals surface area contributed by atoms with Gasteiger partial charge in [-0.2, -0.15) is 0 Å². The second-order valence-corrected chi connectivity index (χ2v) is 7.04. The molecule has 0 aromatic heterocycles. The lowest BCUT2D eigenvalue weighted by atomic mass is 9.90. The largest absolute Gasteiger partial charge is 0.454 e. The zero-order chi connectivity index (χ0) is 16.6. The molecule has 3 aliphatic rings. The summed E-state index contributed by atoms with van der Waals surface area (Å²) in [5.41, 5.74) is 0.841. The molecule has 1 aromatic carbocycles. The molecule has 1 aromatic rings. The first-order valence-corrected chi connectivity index (χ1v) is 8.72. The highest BCUT2D eigenvalue weighted by Gasteiger charge is 2.37. The molecule has 6 nitrogen and oxygen atoms in total. The van der Waals surface area contributed by atoms with Crippen LogP contribution in [0.5, 0.6) is 11.5 Å². The first-order valence-electron chi connectivity index (χ1n) is 8.35. The molecule has 0 radical (unpaired) electrons. The van der Waals surface area contributed by atoms with E-state index in [0.29, 0.717) is 30.3 Å². The highest BCUT2D eigenvalue weighted by molar-refractivity contribution is 6.31. The number of rotatable bonds is 2. The first kappa shape index (κ1) is 16.0. The predicted molar refractivity (Wildman–Crippen MR) is 88.4 cm³/mol. The van der Waals surface area contributed by atoms with E-state index in [-0.39, 0.29) is 18.3 Å². The number of nitrogens with one attached hydrogen (secondary N) is 1. The van der Waals surface area contributed by atoms with Crippen LogP contribution in [-0.2, 0) is 16.1 Å². The van der Waals surface area contributed by atoms with E-state index in [9.17, 15) is 4.79 Å². The van der Waals surface area contributed by atoms with E-state index < -0.39 is 0 Å². The van der Waals surface area contributed by atoms with Gasteiger partial charge in [0.25, 0.3) is 0 Å². The van der Waals surface area contributed by atoms with Gasteiger partial charge in [0.1, 0.15) is 0 Å². The molecule has 7 heteroatoms. The number of nitrogens with zero attached hydrogens (tertiary/aromatic N) is 1. The van der Waals surface area contributed by atoms with Crippen molar-refractivity contribution in [3.8, 4) is 11.5 Å². The molecule has 4 rings (SSSR count). The zero-order valence-corrected chi connectivity index (χ0v) is 14.2. The lowest BCUT2D eigenvalue weighted by Crippen LogP contribution is -2.50. The minimum absolute atomic E-state index is 0.0847. The van der Waals surface area contributed by atoms with Crippen LogP contribution in [0.2, 0.25) is 5.02 Å². The number of fused-ring (bicyclic) bond motifs is 1. The van der Waals surface area contributed by atoms with Crippen molar-refractivity contribution < 1.29 is 19.0 Å². The average molecular weight is 353 g/mol. The monoisotopic (exact) mass is 352 g/mol. The van der Waals surface area contributed by atoms with Crippen LogP contribution in [0.25, 0.3) is 0 Å². The Labute approximate surface area is 146 Å². The van der Waals surface area contributed by atoms with Crippen molar-refractivity contribution in [3.05, 3.63) is 22.7 Å². The van der Waals surface area contributed by atoms with E-state index in [1.165, 1.54) is 0 Å². The van der Waals surface area contributed by atoms with Crippen molar-refractivity contribution in [3.63, 3.8) is 0 Å². The number of halogens is 1. The molecular formula is C17H21ClN2O4. The van der Waals surface area contributed by atoms with Gasteiger partial charge in [-0.15, -0.1) is 0 Å². The van der Waals surface area contributed by atoms with Gasteiger partial charge >= 0.3 is 0 Å². The van der Waals surface area contributed by atoms with Gasteiger partial charge in [-0.1, -0.05) is 11.6 Å². The highest BCUT2D eigenvalue weighted by atomic mass is 35.5. The molecule has 3 aliphatic heterocycles. The Morgan fingerprint density at radius 3 is 2.75 bits per heavy atom. The van der Waals surface area contributed by atoms with Gasteiger partial charge in [0.2, 0.25) is 12.7 Å². The van der Waals surface area contributed by atoms with Crippen molar-refractivity contribution in [2.75, 3.05) is 33.0 Å². The smallest absolute Gasteiger partial charge is 0.231 e. The van der Waals surface area contributed by atoms with E-state index >= 15 is 0 Å². The summed E-state index contributed by atoms with van der Waals surface area (Å²) in [5, 5.41) is 3.68. The van der Waals surface area contributed by atoms with Crippen LogP contribution in [0.15, 0.2) is 12.1 Å². The van der Waals surface area contributed by atoms with Crippen LogP contribution in [0, 0.1) is 0 Å². The Kier molecular flexibility index (Phi) is 4.28. The fraction of sp³-hybridized carbons (Fsp3) is 0.588. The van der Waals surface area contributed by atoms with Crippen molar-refractivity contribution >= 4 is 17.5 Å². The molecule has 0 bridgehead atoms. The molecule has 0 saturated carbocycles. The lowest BCUT2D eigenvalue weighted by molar-refractivity contribution is -0.120.